The fourth-order valence-corrected chi connectivity index (χ4v) is 3.14. The van der Waals surface area contributed by atoms with Gasteiger partial charge < -0.3 is 9.64 Å². The summed E-state index contributed by atoms with van der Waals surface area (Å²) in [5.41, 5.74) is 0.322. The Bertz CT molecular complexity index is 284. The summed E-state index contributed by atoms with van der Waals surface area (Å²) in [5, 5.41) is 0. The number of carbonyl (C=O) groups excluding carboxylic acids is 1. The Hall–Kier alpha value is -0.570. The van der Waals surface area contributed by atoms with Gasteiger partial charge in [-0.1, -0.05) is 20.8 Å². The third-order valence-corrected chi connectivity index (χ3v) is 3.82. The minimum atomic E-state index is -0.00759. The van der Waals surface area contributed by atoms with E-state index in [9.17, 15) is 4.79 Å². The van der Waals surface area contributed by atoms with Crippen molar-refractivity contribution in [1.29, 1.82) is 0 Å². The van der Waals surface area contributed by atoms with E-state index in [-0.39, 0.29) is 12.1 Å². The molecule has 98 valence electrons. The van der Waals surface area contributed by atoms with Gasteiger partial charge in [-0.15, -0.1) is 0 Å². The number of esters is 1. The fourth-order valence-electron chi connectivity index (χ4n) is 3.14. The molecule has 2 atom stereocenters. The summed E-state index contributed by atoms with van der Waals surface area (Å²) in [6.45, 7) is 10.0. The van der Waals surface area contributed by atoms with Crippen LogP contribution in [0.25, 0.3) is 0 Å². The van der Waals surface area contributed by atoms with Crippen LogP contribution in [0.4, 0.5) is 0 Å². The van der Waals surface area contributed by atoms with E-state index in [4.69, 9.17) is 4.74 Å². The molecule has 3 nitrogen and oxygen atoms in total. The van der Waals surface area contributed by atoms with Gasteiger partial charge in [0.2, 0.25) is 0 Å². The monoisotopic (exact) mass is 239 g/mol. The van der Waals surface area contributed by atoms with Crippen LogP contribution >= 0.6 is 0 Å². The predicted molar refractivity (Wildman–Crippen MR) is 67.7 cm³/mol. The van der Waals surface area contributed by atoms with Crippen LogP contribution in [0.3, 0.4) is 0 Å². The molecule has 1 saturated heterocycles. The highest BCUT2D eigenvalue weighted by atomic mass is 16.5. The lowest BCUT2D eigenvalue weighted by atomic mass is 9.71. The number of rotatable bonds is 4. The summed E-state index contributed by atoms with van der Waals surface area (Å²) < 4.78 is 5.61. The van der Waals surface area contributed by atoms with Crippen LogP contribution in [0.1, 0.15) is 46.5 Å². The van der Waals surface area contributed by atoms with Crippen molar-refractivity contribution in [3.8, 4) is 0 Å². The van der Waals surface area contributed by atoms with Crippen molar-refractivity contribution >= 4 is 5.97 Å². The smallest absolute Gasteiger partial charge is 0.307 e. The molecule has 1 aliphatic carbocycles. The molecular weight excluding hydrogens is 214 g/mol. The average Bonchev–Trinajstić information content (AvgIpc) is 2.94. The van der Waals surface area contributed by atoms with Gasteiger partial charge in [0, 0.05) is 19.6 Å². The van der Waals surface area contributed by atoms with Crippen molar-refractivity contribution in [3.63, 3.8) is 0 Å². The summed E-state index contributed by atoms with van der Waals surface area (Å²) in [7, 11) is 0. The first-order valence-corrected chi connectivity index (χ1v) is 6.86. The molecule has 0 aromatic heterocycles. The van der Waals surface area contributed by atoms with E-state index >= 15 is 0 Å². The SMILES string of the molecule is CC1CC(OC(=O)CCN2CC2)CC(C)(C)C1. The van der Waals surface area contributed by atoms with Crippen molar-refractivity contribution in [2.45, 2.75) is 52.6 Å². The zero-order valence-corrected chi connectivity index (χ0v) is 11.4. The van der Waals surface area contributed by atoms with Gasteiger partial charge >= 0.3 is 5.97 Å². The van der Waals surface area contributed by atoms with E-state index in [1.807, 2.05) is 0 Å². The van der Waals surface area contributed by atoms with Gasteiger partial charge in [0.25, 0.3) is 0 Å². The van der Waals surface area contributed by atoms with E-state index < -0.39 is 0 Å². The van der Waals surface area contributed by atoms with Crippen LogP contribution in [0.5, 0.6) is 0 Å². The molecule has 0 aromatic carbocycles. The van der Waals surface area contributed by atoms with Crippen molar-refractivity contribution in [2.75, 3.05) is 19.6 Å². The van der Waals surface area contributed by atoms with E-state index in [2.05, 4.69) is 25.7 Å². The Kier molecular flexibility index (Phi) is 3.76. The van der Waals surface area contributed by atoms with Gasteiger partial charge in [0.15, 0.2) is 0 Å². The normalized spacial score (nSPS) is 32.2. The van der Waals surface area contributed by atoms with Crippen LogP contribution in [0.15, 0.2) is 0 Å². The van der Waals surface area contributed by atoms with Crippen molar-refractivity contribution in [1.82, 2.24) is 4.90 Å². The quantitative estimate of drug-likeness (QED) is 0.557. The molecule has 17 heavy (non-hydrogen) atoms. The summed E-state index contributed by atoms with van der Waals surface area (Å²) in [5.74, 6) is 0.663. The van der Waals surface area contributed by atoms with Gasteiger partial charge in [-0.25, -0.2) is 0 Å². The van der Waals surface area contributed by atoms with Gasteiger partial charge in [-0.3, -0.25) is 4.79 Å². The molecule has 0 amide bonds. The second-order valence-electron chi connectivity index (χ2n) is 6.62. The molecule has 0 radical (unpaired) electrons. The van der Waals surface area contributed by atoms with Gasteiger partial charge in [-0.05, 0) is 30.6 Å². The maximum absolute atomic E-state index is 11.7. The first-order chi connectivity index (χ1) is 7.94. The molecule has 2 rings (SSSR count). The molecule has 0 aromatic rings. The number of nitrogens with zero attached hydrogens (tertiary/aromatic N) is 1. The molecular formula is C14H25NO2. The van der Waals surface area contributed by atoms with Gasteiger partial charge in [0.1, 0.15) is 6.10 Å². The second kappa shape index (κ2) is 4.97. The first-order valence-electron chi connectivity index (χ1n) is 6.86. The van der Waals surface area contributed by atoms with E-state index in [0.29, 0.717) is 17.8 Å². The lowest BCUT2D eigenvalue weighted by molar-refractivity contribution is -0.153. The molecule has 1 aliphatic heterocycles. The van der Waals surface area contributed by atoms with E-state index in [0.717, 1.165) is 32.5 Å². The molecule has 1 saturated carbocycles. The predicted octanol–water partition coefficient (Wildman–Crippen LogP) is 2.45. The third kappa shape index (κ3) is 4.30. The standard InChI is InChI=1S/C14H25NO2/c1-11-8-12(10-14(2,3)9-11)17-13(16)4-5-15-6-7-15/h11-12H,4-10H2,1-3H3. The summed E-state index contributed by atoms with van der Waals surface area (Å²) in [6.07, 6.45) is 4.02. The van der Waals surface area contributed by atoms with Crippen LogP contribution < -0.4 is 0 Å². The zero-order valence-electron chi connectivity index (χ0n) is 11.4. The van der Waals surface area contributed by atoms with Crippen LogP contribution in [-0.2, 0) is 9.53 Å². The molecule has 1 heterocycles. The van der Waals surface area contributed by atoms with Gasteiger partial charge in [0.05, 0.1) is 6.42 Å². The lowest BCUT2D eigenvalue weighted by Gasteiger charge is -2.38. The summed E-state index contributed by atoms with van der Waals surface area (Å²) in [6, 6.07) is 0. The van der Waals surface area contributed by atoms with Gasteiger partial charge in [-0.2, -0.15) is 0 Å². The van der Waals surface area contributed by atoms with Crippen molar-refractivity contribution < 1.29 is 9.53 Å². The molecule has 0 bridgehead atoms. The molecule has 2 fully saturated rings. The number of hydrogen-bond acceptors (Lipinski definition) is 3. The molecule has 3 heteroatoms. The highest BCUT2D eigenvalue weighted by Gasteiger charge is 2.34. The average molecular weight is 239 g/mol. The number of hydrogen-bond donors (Lipinski definition) is 0. The van der Waals surface area contributed by atoms with E-state index in [1.54, 1.807) is 0 Å². The maximum Gasteiger partial charge on any atom is 0.307 e. The highest BCUT2D eigenvalue weighted by Crippen LogP contribution is 2.39. The van der Waals surface area contributed by atoms with Crippen LogP contribution in [0, 0.1) is 11.3 Å². The Morgan fingerprint density at radius 3 is 2.65 bits per heavy atom. The minimum Gasteiger partial charge on any atom is -0.462 e. The molecule has 2 aliphatic rings. The summed E-state index contributed by atoms with van der Waals surface area (Å²) >= 11 is 0. The Labute approximate surface area is 105 Å². The topological polar surface area (TPSA) is 29.3 Å². The third-order valence-electron chi connectivity index (χ3n) is 3.82. The minimum absolute atomic E-state index is 0.00759. The maximum atomic E-state index is 11.7. The number of ether oxygens (including phenoxy) is 1. The lowest BCUT2D eigenvalue weighted by Crippen LogP contribution is -2.34. The Morgan fingerprint density at radius 2 is 2.06 bits per heavy atom. The Morgan fingerprint density at radius 1 is 1.35 bits per heavy atom. The summed E-state index contributed by atoms with van der Waals surface area (Å²) in [4.78, 5) is 14.0. The Balaban J connectivity index is 1.74. The molecule has 0 N–H and O–H groups in total. The fraction of sp³-hybridized carbons (Fsp3) is 0.929. The molecule has 2 unspecified atom stereocenters. The highest BCUT2D eigenvalue weighted by molar-refractivity contribution is 5.69. The van der Waals surface area contributed by atoms with Crippen LogP contribution in [0.2, 0.25) is 0 Å². The van der Waals surface area contributed by atoms with E-state index in [1.165, 1.54) is 6.42 Å². The molecule has 0 spiro atoms. The zero-order chi connectivity index (χ0) is 12.5. The second-order valence-corrected chi connectivity index (χ2v) is 6.62. The largest absolute Gasteiger partial charge is 0.462 e. The van der Waals surface area contributed by atoms with Crippen LogP contribution in [-0.4, -0.2) is 36.6 Å². The first kappa shape index (κ1) is 12.9. The number of carbonyl (C=O) groups is 1. The van der Waals surface area contributed by atoms with Crippen molar-refractivity contribution in [3.05, 3.63) is 0 Å². The van der Waals surface area contributed by atoms with Crippen molar-refractivity contribution in [2.24, 2.45) is 11.3 Å².